The maximum Gasteiger partial charge on any atom is 0.269 e. The van der Waals surface area contributed by atoms with Crippen LogP contribution in [0.1, 0.15) is 32.1 Å². The Labute approximate surface area is 193 Å². The van der Waals surface area contributed by atoms with Gasteiger partial charge in [0.25, 0.3) is 5.69 Å². The minimum absolute atomic E-state index is 0.00860. The maximum absolute atomic E-state index is 12.5. The lowest BCUT2D eigenvalue weighted by molar-refractivity contribution is -0.384. The molecule has 4 aromatic rings. The molecule has 1 aliphatic carbocycles. The lowest BCUT2D eigenvalue weighted by atomic mass is 9.95. The molecule has 2 heterocycles. The number of rotatable bonds is 6. The normalized spacial score (nSPS) is 14.5. The van der Waals surface area contributed by atoms with Gasteiger partial charge in [-0.25, -0.2) is 9.97 Å². The summed E-state index contributed by atoms with van der Waals surface area (Å²) in [5.74, 6) is 0.672. The van der Waals surface area contributed by atoms with Crippen LogP contribution in [0.3, 0.4) is 0 Å². The number of nitro benzene ring substituents is 1. The predicted molar refractivity (Wildman–Crippen MR) is 126 cm³/mol. The van der Waals surface area contributed by atoms with E-state index >= 15 is 0 Å². The van der Waals surface area contributed by atoms with E-state index in [0.717, 1.165) is 36.6 Å². The van der Waals surface area contributed by atoms with Crippen LogP contribution in [0.5, 0.6) is 0 Å². The fraction of sp³-hybridized carbons (Fsp3) is 0.304. The van der Waals surface area contributed by atoms with Crippen LogP contribution in [0.2, 0.25) is 0 Å². The zero-order valence-electron chi connectivity index (χ0n) is 17.8. The molecule has 1 aliphatic rings. The summed E-state index contributed by atoms with van der Waals surface area (Å²) in [7, 11) is 0. The number of nitro groups is 1. The van der Waals surface area contributed by atoms with Crippen molar-refractivity contribution in [1.29, 1.82) is 0 Å². The molecule has 5 rings (SSSR count). The van der Waals surface area contributed by atoms with Gasteiger partial charge in [-0.15, -0.1) is 5.10 Å². The molecule has 1 saturated carbocycles. The number of para-hydroxylation sites is 1. The van der Waals surface area contributed by atoms with E-state index in [1.165, 1.54) is 30.3 Å². The second-order valence-corrected chi connectivity index (χ2v) is 9.02. The molecule has 2 aromatic carbocycles. The highest BCUT2D eigenvalue weighted by Crippen LogP contribution is 2.27. The standard InChI is InChI=1S/C23H22N6O3S/c30-20(24-16-6-2-1-3-7-16)14-33-23-25-19-9-5-4-8-18(19)22-26-21(27-28(22)23)15-10-12-17(13-11-15)29(31)32/h4-5,8-13,16H,1-3,6-7,14H2,(H,24,30). The van der Waals surface area contributed by atoms with Gasteiger partial charge in [0.05, 0.1) is 16.2 Å². The molecule has 10 heteroatoms. The Balaban J connectivity index is 1.45. The highest BCUT2D eigenvalue weighted by molar-refractivity contribution is 7.99. The van der Waals surface area contributed by atoms with Crippen molar-refractivity contribution in [2.75, 3.05) is 5.75 Å². The molecule has 0 saturated heterocycles. The topological polar surface area (TPSA) is 115 Å². The third-order valence-corrected chi connectivity index (χ3v) is 6.72. The maximum atomic E-state index is 12.5. The molecule has 9 nitrogen and oxygen atoms in total. The quantitative estimate of drug-likeness (QED) is 0.195. The van der Waals surface area contributed by atoms with Crippen LogP contribution in [-0.4, -0.2) is 42.2 Å². The number of hydrogen-bond donors (Lipinski definition) is 1. The summed E-state index contributed by atoms with van der Waals surface area (Å²) >= 11 is 1.32. The van der Waals surface area contributed by atoms with Gasteiger partial charge in [-0.2, -0.15) is 4.52 Å². The van der Waals surface area contributed by atoms with Gasteiger partial charge in [0, 0.05) is 29.1 Å². The fourth-order valence-electron chi connectivity index (χ4n) is 4.12. The van der Waals surface area contributed by atoms with E-state index in [1.54, 1.807) is 16.6 Å². The molecule has 0 bridgehead atoms. The summed E-state index contributed by atoms with van der Waals surface area (Å²) in [5, 5.41) is 20.1. The van der Waals surface area contributed by atoms with Gasteiger partial charge >= 0.3 is 0 Å². The van der Waals surface area contributed by atoms with Crippen LogP contribution in [0.4, 0.5) is 5.69 Å². The lowest BCUT2D eigenvalue weighted by Gasteiger charge is -2.22. The number of benzene rings is 2. The van der Waals surface area contributed by atoms with Crippen LogP contribution >= 0.6 is 11.8 Å². The van der Waals surface area contributed by atoms with Crippen molar-refractivity contribution in [3.63, 3.8) is 0 Å². The molecular formula is C23H22N6O3S. The van der Waals surface area contributed by atoms with Crippen LogP contribution in [0.25, 0.3) is 27.9 Å². The zero-order valence-corrected chi connectivity index (χ0v) is 18.6. The van der Waals surface area contributed by atoms with Gasteiger partial charge in [-0.1, -0.05) is 43.2 Å². The smallest absolute Gasteiger partial charge is 0.269 e. The number of carbonyl (C=O) groups is 1. The summed E-state index contributed by atoms with van der Waals surface area (Å²) in [6.45, 7) is 0. The number of amides is 1. The van der Waals surface area contributed by atoms with E-state index in [-0.39, 0.29) is 23.4 Å². The van der Waals surface area contributed by atoms with Crippen LogP contribution < -0.4 is 5.32 Å². The minimum Gasteiger partial charge on any atom is -0.353 e. The second kappa shape index (κ2) is 9.14. The second-order valence-electron chi connectivity index (χ2n) is 8.08. The highest BCUT2D eigenvalue weighted by Gasteiger charge is 2.19. The van der Waals surface area contributed by atoms with Crippen molar-refractivity contribution < 1.29 is 9.72 Å². The van der Waals surface area contributed by atoms with Gasteiger partial charge < -0.3 is 5.32 Å². The number of nitrogens with zero attached hydrogens (tertiary/aromatic N) is 5. The largest absolute Gasteiger partial charge is 0.353 e. The van der Waals surface area contributed by atoms with E-state index in [9.17, 15) is 14.9 Å². The highest BCUT2D eigenvalue weighted by atomic mass is 32.2. The van der Waals surface area contributed by atoms with Crippen LogP contribution in [0.15, 0.2) is 53.7 Å². The van der Waals surface area contributed by atoms with E-state index in [4.69, 9.17) is 9.97 Å². The molecule has 2 aromatic heterocycles. The van der Waals surface area contributed by atoms with Crippen molar-refractivity contribution in [3.05, 3.63) is 58.6 Å². The van der Waals surface area contributed by atoms with E-state index in [0.29, 0.717) is 22.2 Å². The first-order chi connectivity index (χ1) is 16.1. The van der Waals surface area contributed by atoms with Crippen LogP contribution in [0, 0.1) is 10.1 Å². The van der Waals surface area contributed by atoms with Gasteiger partial charge in [0.15, 0.2) is 16.6 Å². The molecule has 0 atom stereocenters. The van der Waals surface area contributed by atoms with Gasteiger partial charge in [-0.3, -0.25) is 14.9 Å². The number of carbonyl (C=O) groups excluding carboxylic acids is 1. The average molecular weight is 463 g/mol. The molecule has 1 N–H and O–H groups in total. The summed E-state index contributed by atoms with van der Waals surface area (Å²) < 4.78 is 1.65. The van der Waals surface area contributed by atoms with E-state index in [1.807, 2.05) is 24.3 Å². The third kappa shape index (κ3) is 4.51. The fourth-order valence-corrected chi connectivity index (χ4v) is 4.88. The molecule has 0 aliphatic heterocycles. The Hall–Kier alpha value is -3.53. The molecule has 33 heavy (non-hydrogen) atoms. The predicted octanol–water partition coefficient (Wildman–Crippen LogP) is 4.39. The Morgan fingerprint density at radius 2 is 1.85 bits per heavy atom. The summed E-state index contributed by atoms with van der Waals surface area (Å²) in [6.07, 6.45) is 5.64. The number of fused-ring (bicyclic) bond motifs is 3. The molecule has 0 spiro atoms. The average Bonchev–Trinajstić information content (AvgIpc) is 3.29. The molecule has 0 radical (unpaired) electrons. The van der Waals surface area contributed by atoms with Gasteiger partial charge in [-0.05, 0) is 37.1 Å². The first-order valence-corrected chi connectivity index (χ1v) is 11.9. The summed E-state index contributed by atoms with van der Waals surface area (Å²) in [4.78, 5) is 32.5. The van der Waals surface area contributed by atoms with E-state index < -0.39 is 4.92 Å². The van der Waals surface area contributed by atoms with Crippen molar-refractivity contribution in [2.45, 2.75) is 43.3 Å². The third-order valence-electron chi connectivity index (χ3n) is 5.79. The SMILES string of the molecule is O=C(CSc1nc2ccccc2c2nc(-c3ccc([N+](=O)[O-])cc3)nn12)NC1CCCCC1. The number of aromatic nitrogens is 4. The molecule has 1 amide bonds. The van der Waals surface area contributed by atoms with Crippen molar-refractivity contribution in [2.24, 2.45) is 0 Å². The molecule has 0 unspecified atom stereocenters. The Morgan fingerprint density at radius 1 is 1.09 bits per heavy atom. The Morgan fingerprint density at radius 3 is 2.61 bits per heavy atom. The molecular weight excluding hydrogens is 440 g/mol. The summed E-state index contributed by atoms with van der Waals surface area (Å²) in [6, 6.07) is 14.0. The minimum atomic E-state index is -0.439. The monoisotopic (exact) mass is 462 g/mol. The zero-order chi connectivity index (χ0) is 22.8. The molecule has 168 valence electrons. The number of hydrogen-bond acceptors (Lipinski definition) is 7. The van der Waals surface area contributed by atoms with Crippen LogP contribution in [-0.2, 0) is 4.79 Å². The Kier molecular flexibility index (Phi) is 5.91. The first-order valence-electron chi connectivity index (χ1n) is 10.9. The van der Waals surface area contributed by atoms with E-state index in [2.05, 4.69) is 10.4 Å². The number of non-ortho nitro benzene ring substituents is 1. The van der Waals surface area contributed by atoms with Gasteiger partial charge in [0.2, 0.25) is 5.91 Å². The van der Waals surface area contributed by atoms with Crippen molar-refractivity contribution >= 4 is 39.9 Å². The van der Waals surface area contributed by atoms with Gasteiger partial charge in [0.1, 0.15) is 0 Å². The number of thioether (sulfide) groups is 1. The number of nitrogens with one attached hydrogen (secondary N) is 1. The lowest BCUT2D eigenvalue weighted by Crippen LogP contribution is -2.37. The first kappa shape index (κ1) is 21.3. The Bertz CT molecular complexity index is 1330. The summed E-state index contributed by atoms with van der Waals surface area (Å²) in [5.41, 5.74) is 2.07. The van der Waals surface area contributed by atoms with Crippen molar-refractivity contribution in [3.8, 4) is 11.4 Å². The molecule has 1 fully saturated rings. The van der Waals surface area contributed by atoms with Crippen molar-refractivity contribution in [1.82, 2.24) is 24.9 Å².